The first-order valence-corrected chi connectivity index (χ1v) is 8.12. The number of aliphatic hydroxyl groups excluding tert-OH is 1. The van der Waals surface area contributed by atoms with Gasteiger partial charge in [-0.25, -0.2) is 13.2 Å². The second kappa shape index (κ2) is 3.64. The fourth-order valence-corrected chi connectivity index (χ4v) is 3.28. The van der Waals surface area contributed by atoms with Gasteiger partial charge in [0.15, 0.2) is 0 Å². The van der Waals surface area contributed by atoms with Gasteiger partial charge in [-0.15, -0.1) is 0 Å². The quantitative estimate of drug-likeness (QED) is 0.633. The zero-order valence-electron chi connectivity index (χ0n) is 7.04. The van der Waals surface area contributed by atoms with Crippen molar-refractivity contribution in [3.63, 3.8) is 0 Å². The van der Waals surface area contributed by atoms with Crippen molar-refractivity contribution in [2.45, 2.75) is 24.9 Å². The van der Waals surface area contributed by atoms with E-state index in [4.69, 9.17) is 0 Å². The molecule has 0 saturated heterocycles. The number of fused-ring (bicyclic) bond motifs is 1. The van der Waals surface area contributed by atoms with Gasteiger partial charge in [0.1, 0.15) is 6.10 Å². The number of hydrogen-bond acceptors (Lipinski definition) is 2. The molecule has 2 atom stereocenters. The maximum Gasteiger partial charge on any atom is 0.278 e. The van der Waals surface area contributed by atoms with E-state index < -0.39 is 12.0 Å². The summed E-state index contributed by atoms with van der Waals surface area (Å²) < 4.78 is 27.9. The van der Waals surface area contributed by atoms with Crippen molar-refractivity contribution < 1.29 is 13.9 Å². The molecule has 7 heteroatoms. The summed E-state index contributed by atoms with van der Waals surface area (Å²) in [7, 11) is 0. The highest BCUT2D eigenvalue weighted by atomic mass is 127. The van der Waals surface area contributed by atoms with Crippen LogP contribution in [-0.4, -0.2) is 20.6 Å². The van der Waals surface area contributed by atoms with Gasteiger partial charge >= 0.3 is 0 Å². The van der Waals surface area contributed by atoms with E-state index >= 15 is 0 Å². The predicted octanol–water partition coefficient (Wildman–Crippen LogP) is 2.29. The van der Waals surface area contributed by atoms with E-state index in [1.165, 1.54) is 6.20 Å². The molecule has 1 aliphatic rings. The smallest absolute Gasteiger partial charge is 0.278 e. The minimum absolute atomic E-state index is 0.283. The van der Waals surface area contributed by atoms with E-state index in [1.807, 2.05) is 0 Å². The van der Waals surface area contributed by atoms with Crippen LogP contribution in [0.4, 0.5) is 8.78 Å². The zero-order chi connectivity index (χ0) is 10.3. The number of nitrogens with zero attached hydrogens (tertiary/aromatic N) is 2. The lowest BCUT2D eigenvalue weighted by molar-refractivity contribution is -0.121. The molecule has 1 N–H and O–H groups in total. The van der Waals surface area contributed by atoms with Crippen LogP contribution in [0.5, 0.6) is 0 Å². The van der Waals surface area contributed by atoms with E-state index in [9.17, 15) is 13.9 Å². The summed E-state index contributed by atoms with van der Waals surface area (Å²) in [5.41, 5.74) is 1.03. The van der Waals surface area contributed by atoms with Crippen LogP contribution in [0, 0.1) is 0 Å². The zero-order valence-corrected chi connectivity index (χ0v) is 10.2. The highest BCUT2D eigenvalue weighted by Gasteiger charge is 2.44. The molecule has 0 radical (unpaired) electrons. The maximum atomic E-state index is 13.1. The summed E-state index contributed by atoms with van der Waals surface area (Å²) in [6.07, 6.45) is 0.0328. The monoisotopic (exact) mass is 332 g/mol. The van der Waals surface area contributed by atoms with E-state index in [-0.39, 0.29) is 18.4 Å². The molecule has 0 aliphatic heterocycles. The Balaban J connectivity index is 2.42. The molecule has 0 saturated carbocycles. The largest absolute Gasteiger partial charge is 0.382 e. The van der Waals surface area contributed by atoms with Gasteiger partial charge in [-0.05, 0) is 28.5 Å². The third-order valence-corrected chi connectivity index (χ3v) is 4.29. The molecule has 0 aromatic carbocycles. The minimum Gasteiger partial charge on any atom is -0.382 e. The van der Waals surface area contributed by atoms with Gasteiger partial charge < -0.3 is 5.11 Å². The Hall–Kier alpha value is 0.190. The van der Waals surface area contributed by atoms with Crippen molar-refractivity contribution in [1.82, 2.24) is 9.55 Å². The number of alkyl halides is 2. The Kier molecular flexibility index (Phi) is 2.79. The fourth-order valence-electron chi connectivity index (χ4n) is 1.59. The third-order valence-electron chi connectivity index (χ3n) is 2.37. The van der Waals surface area contributed by atoms with Crippen LogP contribution in [0.15, 0.2) is 6.20 Å². The van der Waals surface area contributed by atoms with Crippen molar-refractivity contribution in [3.05, 3.63) is 17.5 Å². The lowest BCUT2D eigenvalue weighted by atomic mass is 9.92. The standard InChI is InChI=1S/C7H8F2IN2OP/c8-7(9)2-1-5-4(6(7)13)3-11-12(5)14-10/h3,6,13-14H,1-2H2. The molecule has 1 aromatic rings. The predicted molar refractivity (Wildman–Crippen MR) is 58.2 cm³/mol. The lowest BCUT2D eigenvalue weighted by Crippen LogP contribution is -2.31. The maximum absolute atomic E-state index is 13.1. The molecule has 0 amide bonds. The summed E-state index contributed by atoms with van der Waals surface area (Å²) in [6, 6.07) is 0. The van der Waals surface area contributed by atoms with Crippen LogP contribution in [0.25, 0.3) is 0 Å². The molecule has 0 spiro atoms. The third kappa shape index (κ3) is 1.57. The molecular weight excluding hydrogens is 324 g/mol. The minimum atomic E-state index is -3.00. The molecule has 14 heavy (non-hydrogen) atoms. The number of hydrogen-bond donors (Lipinski definition) is 1. The Morgan fingerprint density at radius 3 is 3.07 bits per heavy atom. The van der Waals surface area contributed by atoms with E-state index in [0.717, 1.165) is 5.69 Å². The highest BCUT2D eigenvalue weighted by molar-refractivity contribution is 14.2. The number of aliphatic hydroxyl groups is 1. The van der Waals surface area contributed by atoms with Crippen LogP contribution in [0.2, 0.25) is 0 Å². The molecule has 1 aliphatic carbocycles. The number of aromatic nitrogens is 2. The number of halogens is 3. The average Bonchev–Trinajstić information content (AvgIpc) is 2.55. The van der Waals surface area contributed by atoms with Gasteiger partial charge in [0.2, 0.25) is 0 Å². The molecule has 1 aromatic heterocycles. The average molecular weight is 332 g/mol. The first-order valence-electron chi connectivity index (χ1n) is 4.05. The van der Waals surface area contributed by atoms with Crippen molar-refractivity contribution in [3.8, 4) is 0 Å². The summed E-state index contributed by atoms with van der Waals surface area (Å²) in [5.74, 6) is -3.00. The first-order chi connectivity index (χ1) is 6.56. The van der Waals surface area contributed by atoms with Crippen LogP contribution in [0.3, 0.4) is 0 Å². The Labute approximate surface area is 94.2 Å². The van der Waals surface area contributed by atoms with E-state index in [0.29, 0.717) is 6.37 Å². The van der Waals surface area contributed by atoms with Crippen molar-refractivity contribution in [2.24, 2.45) is 0 Å². The van der Waals surface area contributed by atoms with E-state index in [1.54, 1.807) is 4.45 Å². The molecule has 3 nitrogen and oxygen atoms in total. The van der Waals surface area contributed by atoms with Gasteiger partial charge in [-0.1, -0.05) is 0 Å². The molecule has 78 valence electrons. The molecule has 1 heterocycles. The van der Waals surface area contributed by atoms with Crippen LogP contribution < -0.4 is 0 Å². The topological polar surface area (TPSA) is 38.1 Å². The first kappa shape index (κ1) is 10.7. The molecule has 0 bridgehead atoms. The highest BCUT2D eigenvalue weighted by Crippen LogP contribution is 2.43. The van der Waals surface area contributed by atoms with Crippen molar-refractivity contribution >= 4 is 28.4 Å². The SMILES string of the molecule is OC1c2cnn(PI)c2CCC1(F)F. The van der Waals surface area contributed by atoms with Gasteiger partial charge in [0, 0.05) is 17.7 Å². The van der Waals surface area contributed by atoms with Gasteiger partial charge in [-0.2, -0.15) is 5.10 Å². The Morgan fingerprint density at radius 1 is 1.71 bits per heavy atom. The normalized spacial score (nSPS) is 25.6. The molecule has 2 rings (SSSR count). The van der Waals surface area contributed by atoms with Crippen LogP contribution in [0.1, 0.15) is 23.8 Å². The van der Waals surface area contributed by atoms with E-state index in [2.05, 4.69) is 27.1 Å². The van der Waals surface area contributed by atoms with Crippen LogP contribution >= 0.6 is 28.4 Å². The number of rotatable bonds is 1. The lowest BCUT2D eigenvalue weighted by Gasteiger charge is -2.27. The van der Waals surface area contributed by atoms with Gasteiger partial charge in [0.25, 0.3) is 5.92 Å². The second-order valence-corrected chi connectivity index (χ2v) is 5.25. The fraction of sp³-hybridized carbons (Fsp3) is 0.571. The van der Waals surface area contributed by atoms with Crippen molar-refractivity contribution in [2.75, 3.05) is 0 Å². The summed E-state index contributed by atoms with van der Waals surface area (Å²) in [5, 5.41) is 13.4. The molecule has 0 fully saturated rings. The summed E-state index contributed by atoms with van der Waals surface area (Å²) >= 11 is 2.13. The molecule has 2 unspecified atom stereocenters. The van der Waals surface area contributed by atoms with Crippen LogP contribution in [-0.2, 0) is 6.42 Å². The summed E-state index contributed by atoms with van der Waals surface area (Å²) in [4.78, 5) is 0. The Bertz CT molecular complexity index is 357. The Morgan fingerprint density at radius 2 is 2.43 bits per heavy atom. The summed E-state index contributed by atoms with van der Waals surface area (Å²) in [6.45, 7) is 0. The van der Waals surface area contributed by atoms with Crippen molar-refractivity contribution in [1.29, 1.82) is 0 Å². The second-order valence-electron chi connectivity index (χ2n) is 3.21. The van der Waals surface area contributed by atoms with Gasteiger partial charge in [0.05, 0.1) is 12.6 Å². The van der Waals surface area contributed by atoms with Gasteiger partial charge in [-0.3, -0.25) is 0 Å². The molecular formula is C7H8F2IN2OP.